The lowest BCUT2D eigenvalue weighted by atomic mass is 9.96. The van der Waals surface area contributed by atoms with Crippen LogP contribution in [0.2, 0.25) is 0 Å². The number of aryl methyl sites for hydroxylation is 2. The molecule has 2 heterocycles. The van der Waals surface area contributed by atoms with Crippen LogP contribution in [-0.4, -0.2) is 35.1 Å². The number of aromatic nitrogens is 2. The van der Waals surface area contributed by atoms with E-state index in [1.807, 2.05) is 6.92 Å². The zero-order chi connectivity index (χ0) is 14.5. The standard InChI is InChI=1S/C16H28N4/c1-5-14-11-16(19-13(4)18-14)20-10-8-7-9-15(20)12(3)17-6-2/h11-12,15,17H,5-10H2,1-4H3. The van der Waals surface area contributed by atoms with E-state index in [4.69, 9.17) is 0 Å². The van der Waals surface area contributed by atoms with Crippen LogP contribution in [0, 0.1) is 6.92 Å². The minimum atomic E-state index is 0.501. The van der Waals surface area contributed by atoms with Crippen LogP contribution in [0.5, 0.6) is 0 Å². The highest BCUT2D eigenvalue weighted by atomic mass is 15.2. The van der Waals surface area contributed by atoms with E-state index < -0.39 is 0 Å². The third kappa shape index (κ3) is 3.48. The molecular weight excluding hydrogens is 248 g/mol. The number of hydrogen-bond donors (Lipinski definition) is 1. The minimum Gasteiger partial charge on any atom is -0.352 e. The molecule has 2 unspecified atom stereocenters. The topological polar surface area (TPSA) is 41.0 Å². The van der Waals surface area contributed by atoms with E-state index in [1.54, 1.807) is 0 Å². The molecular formula is C16H28N4. The van der Waals surface area contributed by atoms with Crippen LogP contribution >= 0.6 is 0 Å². The zero-order valence-electron chi connectivity index (χ0n) is 13.3. The maximum atomic E-state index is 4.69. The molecule has 0 aliphatic carbocycles. The van der Waals surface area contributed by atoms with Gasteiger partial charge in [-0.15, -0.1) is 0 Å². The molecule has 0 radical (unpaired) electrons. The average Bonchev–Trinajstić information content (AvgIpc) is 2.46. The molecule has 0 saturated carbocycles. The fourth-order valence-electron chi connectivity index (χ4n) is 3.16. The lowest BCUT2D eigenvalue weighted by Crippen LogP contribution is -2.51. The molecule has 0 aromatic carbocycles. The molecule has 0 bridgehead atoms. The fourth-order valence-corrected chi connectivity index (χ4v) is 3.16. The maximum Gasteiger partial charge on any atom is 0.132 e. The van der Waals surface area contributed by atoms with Crippen molar-refractivity contribution < 1.29 is 0 Å². The van der Waals surface area contributed by atoms with Crippen molar-refractivity contribution in [1.29, 1.82) is 0 Å². The van der Waals surface area contributed by atoms with E-state index in [9.17, 15) is 0 Å². The summed E-state index contributed by atoms with van der Waals surface area (Å²) in [5.74, 6) is 2.00. The predicted molar refractivity (Wildman–Crippen MR) is 84.3 cm³/mol. The second kappa shape index (κ2) is 7.02. The van der Waals surface area contributed by atoms with Crippen molar-refractivity contribution >= 4 is 5.82 Å². The Kier molecular flexibility index (Phi) is 5.35. The van der Waals surface area contributed by atoms with Gasteiger partial charge in [0.25, 0.3) is 0 Å². The summed E-state index contributed by atoms with van der Waals surface area (Å²) in [7, 11) is 0. The zero-order valence-corrected chi connectivity index (χ0v) is 13.3. The molecule has 112 valence electrons. The Morgan fingerprint density at radius 3 is 2.85 bits per heavy atom. The molecule has 1 aliphatic rings. The van der Waals surface area contributed by atoms with Crippen LogP contribution in [0.1, 0.15) is 51.6 Å². The Hall–Kier alpha value is -1.16. The second-order valence-corrected chi connectivity index (χ2v) is 5.72. The van der Waals surface area contributed by atoms with Gasteiger partial charge in [-0.2, -0.15) is 0 Å². The fraction of sp³-hybridized carbons (Fsp3) is 0.750. The van der Waals surface area contributed by atoms with Gasteiger partial charge in [-0.3, -0.25) is 0 Å². The number of anilines is 1. The van der Waals surface area contributed by atoms with Crippen LogP contribution in [0.3, 0.4) is 0 Å². The number of nitrogens with zero attached hydrogens (tertiary/aromatic N) is 3. The van der Waals surface area contributed by atoms with E-state index in [2.05, 4.69) is 47.0 Å². The summed E-state index contributed by atoms with van der Waals surface area (Å²) in [6.07, 6.45) is 4.80. The Morgan fingerprint density at radius 1 is 1.35 bits per heavy atom. The minimum absolute atomic E-state index is 0.501. The van der Waals surface area contributed by atoms with E-state index in [-0.39, 0.29) is 0 Å². The van der Waals surface area contributed by atoms with E-state index in [1.165, 1.54) is 19.3 Å². The summed E-state index contributed by atoms with van der Waals surface area (Å²) < 4.78 is 0. The van der Waals surface area contributed by atoms with Gasteiger partial charge < -0.3 is 10.2 Å². The molecule has 2 atom stereocenters. The number of nitrogens with one attached hydrogen (secondary N) is 1. The lowest BCUT2D eigenvalue weighted by molar-refractivity contribution is 0.370. The number of rotatable bonds is 5. The normalized spacial score (nSPS) is 21.0. The molecule has 20 heavy (non-hydrogen) atoms. The van der Waals surface area contributed by atoms with Crippen LogP contribution < -0.4 is 10.2 Å². The molecule has 1 fully saturated rings. The third-order valence-electron chi connectivity index (χ3n) is 4.19. The number of piperidine rings is 1. The van der Waals surface area contributed by atoms with Crippen molar-refractivity contribution in [2.75, 3.05) is 18.0 Å². The molecule has 0 amide bonds. The van der Waals surface area contributed by atoms with Crippen molar-refractivity contribution in [3.8, 4) is 0 Å². The first-order chi connectivity index (χ1) is 9.65. The van der Waals surface area contributed by atoms with Crippen molar-refractivity contribution in [1.82, 2.24) is 15.3 Å². The van der Waals surface area contributed by atoms with Gasteiger partial charge in [0.2, 0.25) is 0 Å². The van der Waals surface area contributed by atoms with Gasteiger partial charge >= 0.3 is 0 Å². The maximum absolute atomic E-state index is 4.69. The third-order valence-corrected chi connectivity index (χ3v) is 4.19. The van der Waals surface area contributed by atoms with E-state index in [0.29, 0.717) is 12.1 Å². The van der Waals surface area contributed by atoms with Gasteiger partial charge in [0.1, 0.15) is 11.6 Å². The lowest BCUT2D eigenvalue weighted by Gasteiger charge is -2.40. The van der Waals surface area contributed by atoms with E-state index in [0.717, 1.165) is 36.8 Å². The Bertz CT molecular complexity index is 432. The van der Waals surface area contributed by atoms with Crippen molar-refractivity contribution in [2.45, 2.75) is 65.5 Å². The second-order valence-electron chi connectivity index (χ2n) is 5.72. The smallest absolute Gasteiger partial charge is 0.132 e. The van der Waals surface area contributed by atoms with Crippen LogP contribution in [0.15, 0.2) is 6.07 Å². The van der Waals surface area contributed by atoms with Crippen LogP contribution in [-0.2, 0) is 6.42 Å². The van der Waals surface area contributed by atoms with Crippen molar-refractivity contribution in [3.63, 3.8) is 0 Å². The largest absolute Gasteiger partial charge is 0.352 e. The van der Waals surface area contributed by atoms with Gasteiger partial charge in [0.05, 0.1) is 0 Å². The Labute approximate surface area is 123 Å². The Morgan fingerprint density at radius 2 is 2.15 bits per heavy atom. The van der Waals surface area contributed by atoms with E-state index >= 15 is 0 Å². The first-order valence-corrected chi connectivity index (χ1v) is 8.00. The SMILES string of the molecule is CCNC(C)C1CCCCN1c1cc(CC)nc(C)n1. The number of likely N-dealkylation sites (N-methyl/N-ethyl adjacent to an activating group) is 1. The molecule has 1 aromatic rings. The Balaban J connectivity index is 2.25. The summed E-state index contributed by atoms with van der Waals surface area (Å²) in [6.45, 7) is 10.7. The molecule has 4 heteroatoms. The molecule has 0 spiro atoms. The monoisotopic (exact) mass is 276 g/mol. The highest BCUT2D eigenvalue weighted by Gasteiger charge is 2.28. The van der Waals surface area contributed by atoms with Gasteiger partial charge in [-0.05, 0) is 46.1 Å². The average molecular weight is 276 g/mol. The predicted octanol–water partition coefficient (Wildman–Crippen LogP) is 2.70. The highest BCUT2D eigenvalue weighted by Crippen LogP contribution is 2.25. The van der Waals surface area contributed by atoms with Gasteiger partial charge in [0.15, 0.2) is 0 Å². The first-order valence-electron chi connectivity index (χ1n) is 8.00. The van der Waals surface area contributed by atoms with Gasteiger partial charge in [-0.25, -0.2) is 9.97 Å². The molecule has 1 N–H and O–H groups in total. The molecule has 4 nitrogen and oxygen atoms in total. The van der Waals surface area contributed by atoms with Gasteiger partial charge in [-0.1, -0.05) is 13.8 Å². The van der Waals surface area contributed by atoms with Crippen LogP contribution in [0.25, 0.3) is 0 Å². The summed E-state index contributed by atoms with van der Waals surface area (Å²) >= 11 is 0. The highest BCUT2D eigenvalue weighted by molar-refractivity contribution is 5.42. The van der Waals surface area contributed by atoms with Gasteiger partial charge in [0, 0.05) is 30.4 Å². The van der Waals surface area contributed by atoms with Crippen molar-refractivity contribution in [2.24, 2.45) is 0 Å². The molecule has 1 aliphatic heterocycles. The number of hydrogen-bond acceptors (Lipinski definition) is 4. The summed E-state index contributed by atoms with van der Waals surface area (Å²) in [4.78, 5) is 11.7. The van der Waals surface area contributed by atoms with Crippen LogP contribution in [0.4, 0.5) is 5.82 Å². The van der Waals surface area contributed by atoms with Crippen molar-refractivity contribution in [3.05, 3.63) is 17.6 Å². The summed E-state index contributed by atoms with van der Waals surface area (Å²) in [5.41, 5.74) is 1.15. The quantitative estimate of drug-likeness (QED) is 0.898. The first kappa shape index (κ1) is 15.2. The molecule has 2 rings (SSSR count). The molecule has 1 saturated heterocycles. The summed E-state index contributed by atoms with van der Waals surface area (Å²) in [6, 6.07) is 3.22. The molecule has 1 aromatic heterocycles. The summed E-state index contributed by atoms with van der Waals surface area (Å²) in [5, 5.41) is 3.57.